The number of nitrogens with one attached hydrogen (secondary N) is 1. The first kappa shape index (κ1) is 17.9. The summed E-state index contributed by atoms with van der Waals surface area (Å²) in [7, 11) is 0. The van der Waals surface area contributed by atoms with Crippen molar-refractivity contribution < 1.29 is 18.4 Å². The number of hydrogen-bond acceptors (Lipinski definition) is 3. The lowest BCUT2D eigenvalue weighted by atomic mass is 9.96. The number of carbonyl (C=O) groups is 2. The number of rotatable bonds is 5. The van der Waals surface area contributed by atoms with Gasteiger partial charge in [0.05, 0.1) is 6.26 Å². The molecule has 0 saturated carbocycles. The van der Waals surface area contributed by atoms with Gasteiger partial charge >= 0.3 is 0 Å². The summed E-state index contributed by atoms with van der Waals surface area (Å²) in [6.45, 7) is 1.89. The Morgan fingerprint density at radius 1 is 1.19 bits per heavy atom. The highest BCUT2D eigenvalue weighted by atomic mass is 19.1. The van der Waals surface area contributed by atoms with Crippen LogP contribution in [0.1, 0.15) is 29.0 Å². The highest BCUT2D eigenvalue weighted by molar-refractivity contribution is 5.94. The summed E-state index contributed by atoms with van der Waals surface area (Å²) in [5.74, 6) is 0.383. The van der Waals surface area contributed by atoms with Gasteiger partial charge in [0.2, 0.25) is 5.91 Å². The van der Waals surface area contributed by atoms with Crippen LogP contribution in [0.15, 0.2) is 53.2 Å². The van der Waals surface area contributed by atoms with Gasteiger partial charge in [-0.3, -0.25) is 9.59 Å². The van der Waals surface area contributed by atoms with Crippen LogP contribution in [-0.2, 0) is 4.79 Å². The van der Waals surface area contributed by atoms with Gasteiger partial charge in [-0.05, 0) is 61.2 Å². The average Bonchev–Trinajstić information content (AvgIpc) is 3.19. The van der Waals surface area contributed by atoms with Crippen molar-refractivity contribution in [2.75, 3.05) is 19.6 Å². The molecule has 136 valence electrons. The number of amides is 2. The molecule has 3 rings (SSSR count). The van der Waals surface area contributed by atoms with Crippen LogP contribution < -0.4 is 5.32 Å². The van der Waals surface area contributed by atoms with Gasteiger partial charge in [-0.2, -0.15) is 0 Å². The van der Waals surface area contributed by atoms with Crippen molar-refractivity contribution in [2.45, 2.75) is 12.8 Å². The number of likely N-dealkylation sites (tertiary alicyclic amines) is 1. The molecule has 26 heavy (non-hydrogen) atoms. The standard InChI is InChI=1S/C20H21FN2O3/c21-17-5-3-16(4-6-17)20(25)22-14-15-9-11-23(12-10-15)19(24)8-7-18-2-1-13-26-18/h1-8,13,15H,9-12,14H2,(H,22,25)/b8-7+. The maximum absolute atomic E-state index is 12.9. The van der Waals surface area contributed by atoms with E-state index in [1.165, 1.54) is 30.3 Å². The predicted molar refractivity (Wildman–Crippen MR) is 95.8 cm³/mol. The Bertz CT molecular complexity index is 761. The molecule has 0 radical (unpaired) electrons. The van der Waals surface area contributed by atoms with Crippen LogP contribution in [0, 0.1) is 11.7 Å². The Labute approximate surface area is 151 Å². The van der Waals surface area contributed by atoms with Crippen LogP contribution in [0.5, 0.6) is 0 Å². The first-order valence-electron chi connectivity index (χ1n) is 8.66. The molecular weight excluding hydrogens is 335 g/mol. The van der Waals surface area contributed by atoms with Crippen molar-refractivity contribution in [2.24, 2.45) is 5.92 Å². The third-order valence-electron chi connectivity index (χ3n) is 4.52. The van der Waals surface area contributed by atoms with E-state index in [-0.39, 0.29) is 17.6 Å². The molecule has 5 nitrogen and oxygen atoms in total. The molecule has 1 N–H and O–H groups in total. The monoisotopic (exact) mass is 356 g/mol. The molecule has 2 aromatic rings. The fraction of sp³-hybridized carbons (Fsp3) is 0.300. The molecule has 0 bridgehead atoms. The maximum atomic E-state index is 12.9. The zero-order valence-electron chi connectivity index (χ0n) is 14.4. The fourth-order valence-electron chi connectivity index (χ4n) is 2.94. The third-order valence-corrected chi connectivity index (χ3v) is 4.52. The highest BCUT2D eigenvalue weighted by Crippen LogP contribution is 2.17. The van der Waals surface area contributed by atoms with Crippen LogP contribution >= 0.6 is 0 Å². The molecule has 0 unspecified atom stereocenters. The number of benzene rings is 1. The Hall–Kier alpha value is -2.89. The molecule has 1 aromatic carbocycles. The fourth-order valence-corrected chi connectivity index (χ4v) is 2.94. The topological polar surface area (TPSA) is 62.6 Å². The molecule has 1 aliphatic rings. The maximum Gasteiger partial charge on any atom is 0.251 e. The zero-order chi connectivity index (χ0) is 18.4. The minimum atomic E-state index is -0.361. The van der Waals surface area contributed by atoms with Crippen LogP contribution in [-0.4, -0.2) is 36.3 Å². The SMILES string of the molecule is O=C(NCC1CCN(C(=O)/C=C/c2ccco2)CC1)c1ccc(F)cc1. The normalized spacial score (nSPS) is 15.3. The molecule has 0 atom stereocenters. The predicted octanol–water partition coefficient (Wildman–Crippen LogP) is 3.10. The Morgan fingerprint density at radius 3 is 2.58 bits per heavy atom. The number of nitrogens with zero attached hydrogens (tertiary/aromatic N) is 1. The molecular formula is C20H21FN2O3. The van der Waals surface area contributed by atoms with Gasteiger partial charge < -0.3 is 14.6 Å². The molecule has 1 fully saturated rings. The molecule has 1 aliphatic heterocycles. The van der Waals surface area contributed by atoms with E-state index in [1.54, 1.807) is 29.4 Å². The van der Waals surface area contributed by atoms with Crippen molar-refractivity contribution in [3.05, 3.63) is 65.9 Å². The summed E-state index contributed by atoms with van der Waals surface area (Å²) in [4.78, 5) is 26.0. The number of furan rings is 1. The van der Waals surface area contributed by atoms with E-state index in [4.69, 9.17) is 4.42 Å². The molecule has 2 heterocycles. The van der Waals surface area contributed by atoms with Crippen LogP contribution in [0.3, 0.4) is 0 Å². The van der Waals surface area contributed by atoms with E-state index in [9.17, 15) is 14.0 Å². The lowest BCUT2D eigenvalue weighted by Gasteiger charge is -2.31. The minimum absolute atomic E-state index is 0.0322. The summed E-state index contributed by atoms with van der Waals surface area (Å²) in [5, 5.41) is 2.88. The summed E-state index contributed by atoms with van der Waals surface area (Å²) >= 11 is 0. The van der Waals surface area contributed by atoms with Crippen LogP contribution in [0.4, 0.5) is 4.39 Å². The van der Waals surface area contributed by atoms with Gasteiger partial charge in [0, 0.05) is 31.3 Å². The molecule has 1 saturated heterocycles. The smallest absolute Gasteiger partial charge is 0.251 e. The lowest BCUT2D eigenvalue weighted by Crippen LogP contribution is -2.40. The van der Waals surface area contributed by atoms with E-state index in [2.05, 4.69) is 5.32 Å². The van der Waals surface area contributed by atoms with E-state index >= 15 is 0 Å². The summed E-state index contributed by atoms with van der Waals surface area (Å²) in [6.07, 6.45) is 6.43. The molecule has 0 spiro atoms. The second-order valence-corrected chi connectivity index (χ2v) is 6.33. The molecule has 2 amide bonds. The van der Waals surface area contributed by atoms with Crippen molar-refractivity contribution in [3.8, 4) is 0 Å². The van der Waals surface area contributed by atoms with Crippen molar-refractivity contribution >= 4 is 17.9 Å². The second kappa shape index (κ2) is 8.47. The van der Waals surface area contributed by atoms with E-state index < -0.39 is 0 Å². The van der Waals surface area contributed by atoms with Gasteiger partial charge in [0.1, 0.15) is 11.6 Å². The van der Waals surface area contributed by atoms with Gasteiger partial charge in [-0.1, -0.05) is 0 Å². The first-order valence-corrected chi connectivity index (χ1v) is 8.66. The quantitative estimate of drug-likeness (QED) is 0.838. The van der Waals surface area contributed by atoms with Gasteiger partial charge in [-0.25, -0.2) is 4.39 Å². The van der Waals surface area contributed by atoms with Gasteiger partial charge in [-0.15, -0.1) is 0 Å². The van der Waals surface area contributed by atoms with Crippen LogP contribution in [0.25, 0.3) is 6.08 Å². The number of hydrogen-bond donors (Lipinski definition) is 1. The summed E-state index contributed by atoms with van der Waals surface area (Å²) < 4.78 is 18.1. The van der Waals surface area contributed by atoms with E-state index in [0.29, 0.717) is 36.9 Å². The minimum Gasteiger partial charge on any atom is -0.465 e. The number of piperidine rings is 1. The molecule has 0 aliphatic carbocycles. The Morgan fingerprint density at radius 2 is 1.92 bits per heavy atom. The van der Waals surface area contributed by atoms with Crippen molar-refractivity contribution in [3.63, 3.8) is 0 Å². The second-order valence-electron chi connectivity index (χ2n) is 6.33. The van der Waals surface area contributed by atoms with Crippen molar-refractivity contribution in [1.29, 1.82) is 0 Å². The van der Waals surface area contributed by atoms with Gasteiger partial charge in [0.15, 0.2) is 0 Å². The Kier molecular flexibility index (Phi) is 5.84. The Balaban J connectivity index is 1.41. The van der Waals surface area contributed by atoms with E-state index in [1.807, 2.05) is 0 Å². The molecule has 6 heteroatoms. The first-order chi connectivity index (χ1) is 12.6. The zero-order valence-corrected chi connectivity index (χ0v) is 14.4. The summed E-state index contributed by atoms with van der Waals surface area (Å²) in [5.41, 5.74) is 0.446. The average molecular weight is 356 g/mol. The highest BCUT2D eigenvalue weighted by Gasteiger charge is 2.22. The summed E-state index contributed by atoms with van der Waals surface area (Å²) in [6, 6.07) is 9.05. The number of carbonyl (C=O) groups excluding carboxylic acids is 2. The van der Waals surface area contributed by atoms with Crippen LogP contribution in [0.2, 0.25) is 0 Å². The van der Waals surface area contributed by atoms with E-state index in [0.717, 1.165) is 12.8 Å². The van der Waals surface area contributed by atoms with Gasteiger partial charge in [0.25, 0.3) is 5.91 Å². The third kappa shape index (κ3) is 4.81. The van der Waals surface area contributed by atoms with Crippen molar-refractivity contribution in [1.82, 2.24) is 10.2 Å². The lowest BCUT2D eigenvalue weighted by molar-refractivity contribution is -0.127. The largest absolute Gasteiger partial charge is 0.465 e. The molecule has 1 aromatic heterocycles. The number of halogens is 1.